The first-order valence-corrected chi connectivity index (χ1v) is 10.2. The monoisotopic (exact) mass is 429 g/mol. The Labute approximate surface area is 185 Å². The minimum Gasteiger partial charge on any atom is -0.508 e. The summed E-state index contributed by atoms with van der Waals surface area (Å²) in [6, 6.07) is 23.9. The Morgan fingerprint density at radius 3 is 2.32 bits per heavy atom. The number of nitrogens with one attached hydrogen (secondary N) is 1. The zero-order chi connectivity index (χ0) is 21.6. The fraction of sp³-hybridized carbons (Fsp3) is 0.0800. The van der Waals surface area contributed by atoms with Crippen LogP contribution in [0, 0.1) is 0 Å². The lowest BCUT2D eigenvalue weighted by Gasteiger charge is -2.12. The van der Waals surface area contributed by atoms with Gasteiger partial charge in [-0.15, -0.1) is 0 Å². The molecule has 5 nitrogen and oxygen atoms in total. The van der Waals surface area contributed by atoms with Crippen LogP contribution in [0.4, 0.5) is 5.82 Å². The SMILES string of the molecule is O=C(Cc1ccc(Cl)cc1)Nc1ncc(-c2ccc(O)cc2)nc1Cc1ccccc1. The van der Waals surface area contributed by atoms with Gasteiger partial charge in [-0.25, -0.2) is 9.97 Å². The summed E-state index contributed by atoms with van der Waals surface area (Å²) in [4.78, 5) is 21.9. The minimum atomic E-state index is -0.177. The first kappa shape index (κ1) is 20.6. The molecule has 0 spiro atoms. The highest BCUT2D eigenvalue weighted by molar-refractivity contribution is 6.30. The molecule has 0 fully saturated rings. The highest BCUT2D eigenvalue weighted by Gasteiger charge is 2.13. The van der Waals surface area contributed by atoms with Crippen LogP contribution in [0.1, 0.15) is 16.8 Å². The van der Waals surface area contributed by atoms with E-state index in [0.717, 1.165) is 16.7 Å². The molecular weight excluding hydrogens is 410 g/mol. The summed E-state index contributed by atoms with van der Waals surface area (Å²) < 4.78 is 0. The fourth-order valence-corrected chi connectivity index (χ4v) is 3.31. The number of nitrogens with zero attached hydrogens (tertiary/aromatic N) is 2. The number of hydrogen-bond donors (Lipinski definition) is 2. The normalized spacial score (nSPS) is 10.6. The van der Waals surface area contributed by atoms with Crippen LogP contribution >= 0.6 is 11.6 Å². The van der Waals surface area contributed by atoms with Crippen LogP contribution in [-0.4, -0.2) is 21.0 Å². The van der Waals surface area contributed by atoms with Crippen molar-refractivity contribution < 1.29 is 9.90 Å². The lowest BCUT2D eigenvalue weighted by molar-refractivity contribution is -0.115. The van der Waals surface area contributed by atoms with Gasteiger partial charge in [0, 0.05) is 17.0 Å². The van der Waals surface area contributed by atoms with Gasteiger partial charge in [0.2, 0.25) is 5.91 Å². The van der Waals surface area contributed by atoms with Crippen molar-refractivity contribution in [3.63, 3.8) is 0 Å². The number of halogens is 1. The maximum absolute atomic E-state index is 12.6. The summed E-state index contributed by atoms with van der Waals surface area (Å²) in [6.45, 7) is 0. The van der Waals surface area contributed by atoms with Crippen LogP contribution < -0.4 is 5.32 Å². The molecule has 0 radical (unpaired) electrons. The second-order valence-corrected chi connectivity index (χ2v) is 7.55. The number of benzene rings is 3. The van der Waals surface area contributed by atoms with E-state index in [4.69, 9.17) is 16.6 Å². The number of hydrogen-bond acceptors (Lipinski definition) is 4. The molecule has 4 aromatic rings. The number of phenolic OH excluding ortho intramolecular Hbond substituents is 1. The second kappa shape index (κ2) is 9.41. The van der Waals surface area contributed by atoms with Crippen LogP contribution in [0.2, 0.25) is 5.02 Å². The van der Waals surface area contributed by atoms with Gasteiger partial charge in [-0.2, -0.15) is 0 Å². The standard InChI is InChI=1S/C25H20ClN3O2/c26-20-10-6-18(7-11-20)15-24(31)29-25-22(14-17-4-2-1-3-5-17)28-23(16-27-25)19-8-12-21(30)13-9-19/h1-13,16,30H,14-15H2,(H,27,29,31). The number of carbonyl (C=O) groups excluding carboxylic acids is 1. The number of aromatic nitrogens is 2. The Kier molecular flexibility index (Phi) is 6.24. The Morgan fingerprint density at radius 2 is 1.61 bits per heavy atom. The molecule has 0 unspecified atom stereocenters. The number of aromatic hydroxyl groups is 1. The number of rotatable bonds is 6. The number of carbonyl (C=O) groups is 1. The predicted molar refractivity (Wildman–Crippen MR) is 122 cm³/mol. The lowest BCUT2D eigenvalue weighted by atomic mass is 10.1. The van der Waals surface area contributed by atoms with Crippen molar-refractivity contribution in [1.29, 1.82) is 0 Å². The zero-order valence-electron chi connectivity index (χ0n) is 16.6. The molecule has 1 amide bonds. The molecule has 0 aliphatic rings. The van der Waals surface area contributed by atoms with Crippen molar-refractivity contribution in [2.24, 2.45) is 0 Å². The van der Waals surface area contributed by atoms with E-state index in [1.807, 2.05) is 42.5 Å². The maximum atomic E-state index is 12.6. The minimum absolute atomic E-state index is 0.177. The van der Waals surface area contributed by atoms with E-state index in [9.17, 15) is 9.90 Å². The molecule has 0 atom stereocenters. The summed E-state index contributed by atoms with van der Waals surface area (Å²) in [5.74, 6) is 0.445. The average molecular weight is 430 g/mol. The van der Waals surface area contributed by atoms with Crippen molar-refractivity contribution in [1.82, 2.24) is 9.97 Å². The van der Waals surface area contributed by atoms with Crippen molar-refractivity contribution in [2.75, 3.05) is 5.32 Å². The van der Waals surface area contributed by atoms with Gasteiger partial charge in [-0.1, -0.05) is 54.1 Å². The van der Waals surface area contributed by atoms with Crippen LogP contribution in [0.5, 0.6) is 5.75 Å². The third-order valence-corrected chi connectivity index (χ3v) is 5.01. The van der Waals surface area contributed by atoms with Crippen LogP contribution in [-0.2, 0) is 17.6 Å². The lowest BCUT2D eigenvalue weighted by Crippen LogP contribution is -2.17. The van der Waals surface area contributed by atoms with Gasteiger partial charge in [-0.05, 0) is 47.5 Å². The molecule has 1 heterocycles. The van der Waals surface area contributed by atoms with E-state index in [2.05, 4.69) is 10.3 Å². The van der Waals surface area contributed by atoms with Gasteiger partial charge in [0.15, 0.2) is 5.82 Å². The molecule has 31 heavy (non-hydrogen) atoms. The van der Waals surface area contributed by atoms with Gasteiger partial charge in [0.05, 0.1) is 24.0 Å². The van der Waals surface area contributed by atoms with Crippen molar-refractivity contribution in [3.05, 3.63) is 107 Å². The number of anilines is 1. The first-order chi connectivity index (χ1) is 15.1. The molecule has 0 aliphatic heterocycles. The van der Waals surface area contributed by atoms with Crippen molar-refractivity contribution in [2.45, 2.75) is 12.8 Å². The molecule has 4 rings (SSSR count). The third-order valence-electron chi connectivity index (χ3n) is 4.76. The summed E-state index contributed by atoms with van der Waals surface area (Å²) >= 11 is 5.92. The average Bonchev–Trinajstić information content (AvgIpc) is 2.78. The molecule has 154 valence electrons. The van der Waals surface area contributed by atoms with Gasteiger partial charge in [-0.3, -0.25) is 4.79 Å². The Balaban J connectivity index is 1.61. The van der Waals surface area contributed by atoms with E-state index in [1.165, 1.54) is 0 Å². The van der Waals surface area contributed by atoms with Gasteiger partial charge < -0.3 is 10.4 Å². The second-order valence-electron chi connectivity index (χ2n) is 7.11. The molecule has 6 heteroatoms. The van der Waals surface area contributed by atoms with E-state index in [1.54, 1.807) is 42.6 Å². The van der Waals surface area contributed by atoms with Gasteiger partial charge >= 0.3 is 0 Å². The molecule has 3 aromatic carbocycles. The first-order valence-electron chi connectivity index (χ1n) is 9.80. The molecule has 0 aliphatic carbocycles. The van der Waals surface area contributed by atoms with E-state index < -0.39 is 0 Å². The van der Waals surface area contributed by atoms with Crippen LogP contribution in [0.3, 0.4) is 0 Å². The summed E-state index contributed by atoms with van der Waals surface area (Å²) in [7, 11) is 0. The third kappa shape index (κ3) is 5.47. The Morgan fingerprint density at radius 1 is 0.903 bits per heavy atom. The summed E-state index contributed by atoms with van der Waals surface area (Å²) in [6.07, 6.45) is 2.36. The van der Waals surface area contributed by atoms with E-state index in [0.29, 0.717) is 28.6 Å². The topological polar surface area (TPSA) is 75.1 Å². The number of amides is 1. The molecule has 0 bridgehead atoms. The Hall–Kier alpha value is -3.70. The molecule has 1 aromatic heterocycles. The molecule has 0 saturated heterocycles. The highest BCUT2D eigenvalue weighted by atomic mass is 35.5. The summed E-state index contributed by atoms with van der Waals surface area (Å²) in [5.41, 5.74) is 4.09. The van der Waals surface area contributed by atoms with Crippen LogP contribution in [0.15, 0.2) is 85.1 Å². The molecular formula is C25H20ClN3O2. The predicted octanol–water partition coefficient (Wildman–Crippen LogP) is 5.27. The Bertz CT molecular complexity index is 1180. The van der Waals surface area contributed by atoms with E-state index in [-0.39, 0.29) is 18.1 Å². The van der Waals surface area contributed by atoms with Crippen molar-refractivity contribution >= 4 is 23.3 Å². The smallest absolute Gasteiger partial charge is 0.229 e. The maximum Gasteiger partial charge on any atom is 0.229 e. The fourth-order valence-electron chi connectivity index (χ4n) is 3.18. The highest BCUT2D eigenvalue weighted by Crippen LogP contribution is 2.23. The quantitative estimate of drug-likeness (QED) is 0.437. The largest absolute Gasteiger partial charge is 0.508 e. The number of phenols is 1. The van der Waals surface area contributed by atoms with E-state index >= 15 is 0 Å². The molecule has 2 N–H and O–H groups in total. The van der Waals surface area contributed by atoms with Gasteiger partial charge in [0.1, 0.15) is 5.75 Å². The van der Waals surface area contributed by atoms with Gasteiger partial charge in [0.25, 0.3) is 0 Å². The summed E-state index contributed by atoms with van der Waals surface area (Å²) in [5, 5.41) is 13.1. The van der Waals surface area contributed by atoms with Crippen molar-refractivity contribution in [3.8, 4) is 17.0 Å². The zero-order valence-corrected chi connectivity index (χ0v) is 17.4. The van der Waals surface area contributed by atoms with Crippen LogP contribution in [0.25, 0.3) is 11.3 Å². The molecule has 0 saturated carbocycles.